The first kappa shape index (κ1) is 27.8. The summed E-state index contributed by atoms with van der Waals surface area (Å²) in [4.78, 5) is 25.2. The van der Waals surface area contributed by atoms with Crippen LogP contribution in [0.3, 0.4) is 0 Å². The second-order valence-corrected chi connectivity index (χ2v) is 10.3. The molecule has 1 fully saturated rings. The molecule has 11 nitrogen and oxygen atoms in total. The number of H-pyrrole nitrogens is 1. The Labute approximate surface area is 215 Å². The number of hydrogen-bond donors (Lipinski definition) is 3. The van der Waals surface area contributed by atoms with Crippen LogP contribution in [0.4, 0.5) is 8.78 Å². The molecule has 0 bridgehead atoms. The summed E-state index contributed by atoms with van der Waals surface area (Å²) in [7, 11) is -2.72. The van der Waals surface area contributed by atoms with Crippen molar-refractivity contribution in [1.82, 2.24) is 14.6 Å². The van der Waals surface area contributed by atoms with E-state index in [4.69, 9.17) is 18.5 Å². The smallest absolute Gasteiger partial charge is 0.406 e. The van der Waals surface area contributed by atoms with Crippen LogP contribution < -0.4 is 21.1 Å². The highest BCUT2D eigenvalue weighted by molar-refractivity contribution is 7.51. The van der Waals surface area contributed by atoms with Gasteiger partial charge in [0.2, 0.25) is 5.82 Å². The summed E-state index contributed by atoms with van der Waals surface area (Å²) in [5, 5.41) is 13.2. The third-order valence-electron chi connectivity index (χ3n) is 5.78. The summed E-state index contributed by atoms with van der Waals surface area (Å²) in [6.45, 7) is -0.588. The van der Waals surface area contributed by atoms with Crippen molar-refractivity contribution in [1.29, 1.82) is 0 Å². The summed E-state index contributed by atoms with van der Waals surface area (Å²) >= 11 is 0. The quantitative estimate of drug-likeness (QED) is 0.306. The van der Waals surface area contributed by atoms with E-state index < -0.39 is 55.7 Å². The summed E-state index contributed by atoms with van der Waals surface area (Å²) < 4.78 is 63.8. The first-order valence-electron chi connectivity index (χ1n) is 11.5. The second kappa shape index (κ2) is 12.1. The fourth-order valence-corrected chi connectivity index (χ4v) is 5.05. The zero-order valence-corrected chi connectivity index (χ0v) is 21.1. The van der Waals surface area contributed by atoms with Gasteiger partial charge in [0.15, 0.2) is 11.6 Å². The molecule has 0 saturated carbocycles. The molecule has 0 spiro atoms. The predicted octanol–water partition coefficient (Wildman–Crippen LogP) is 2.60. The van der Waals surface area contributed by atoms with E-state index in [2.05, 4.69) is 5.09 Å². The van der Waals surface area contributed by atoms with Crippen LogP contribution in [0.25, 0.3) is 0 Å². The van der Waals surface area contributed by atoms with Crippen molar-refractivity contribution in [2.24, 2.45) is 0 Å². The van der Waals surface area contributed by atoms with Gasteiger partial charge in [0.25, 0.3) is 5.56 Å². The Balaban J connectivity index is 1.45. The highest BCUT2D eigenvalue weighted by Crippen LogP contribution is 2.46. The fraction of sp³-hybridized carbons (Fsp3) is 0.333. The number of methoxy groups -OCH3 is 1. The lowest BCUT2D eigenvalue weighted by Gasteiger charge is -2.22. The lowest BCUT2D eigenvalue weighted by atomic mass is 10.2. The largest absolute Gasteiger partial charge is 0.494 e. The maximum Gasteiger partial charge on any atom is 0.406 e. The van der Waals surface area contributed by atoms with Crippen LogP contribution in [0.15, 0.2) is 64.3 Å². The third kappa shape index (κ3) is 6.81. The number of ether oxygens (including phenoxy) is 2. The highest BCUT2D eigenvalue weighted by atomic mass is 31.2. The standard InChI is InChI=1S/C24H26F2N3O8P/c1-34-20-8-7-16(9-17(20)25)13-35-38(33,27-11-15-5-3-2-4-6-15)36-14-21-19(30)10-22(37-21)29-12-18(26)23(31)28-24(29)32/h2-9,12,19,21-22,30H,10-11,13-14H2,1H3,(H,27,33)(H,28,31,32). The fourth-order valence-electron chi connectivity index (χ4n) is 3.75. The molecule has 4 atom stereocenters. The number of aliphatic hydroxyl groups is 1. The van der Waals surface area contributed by atoms with Crippen molar-refractivity contribution in [2.75, 3.05) is 13.7 Å². The molecule has 14 heteroatoms. The molecule has 38 heavy (non-hydrogen) atoms. The van der Waals surface area contributed by atoms with Crippen molar-refractivity contribution >= 4 is 7.75 Å². The van der Waals surface area contributed by atoms with Crippen LogP contribution in [-0.4, -0.2) is 40.6 Å². The average molecular weight is 553 g/mol. The van der Waals surface area contributed by atoms with Crippen LogP contribution in [0.5, 0.6) is 5.75 Å². The van der Waals surface area contributed by atoms with Crippen molar-refractivity contribution in [3.8, 4) is 5.75 Å². The maximum atomic E-state index is 14.1. The minimum Gasteiger partial charge on any atom is -0.494 e. The zero-order chi connectivity index (χ0) is 27.3. The normalized spacial score (nSPS) is 20.8. The zero-order valence-electron chi connectivity index (χ0n) is 20.2. The number of halogens is 2. The first-order valence-corrected chi connectivity index (χ1v) is 13.1. The van der Waals surface area contributed by atoms with Gasteiger partial charge in [-0.25, -0.2) is 18.8 Å². The van der Waals surface area contributed by atoms with Gasteiger partial charge in [0.1, 0.15) is 12.3 Å². The van der Waals surface area contributed by atoms with Crippen molar-refractivity contribution in [3.05, 3.63) is 98.3 Å². The van der Waals surface area contributed by atoms with E-state index in [0.717, 1.165) is 10.1 Å². The minimum atomic E-state index is -4.05. The first-order chi connectivity index (χ1) is 18.2. The Bertz CT molecular complexity index is 1420. The lowest BCUT2D eigenvalue weighted by Crippen LogP contribution is -2.34. The molecule has 3 aromatic rings. The molecule has 0 radical (unpaired) electrons. The molecular weight excluding hydrogens is 527 g/mol. The van der Waals surface area contributed by atoms with Crippen LogP contribution in [0.2, 0.25) is 0 Å². The molecule has 0 amide bonds. The monoisotopic (exact) mass is 553 g/mol. The van der Waals surface area contributed by atoms with Gasteiger partial charge in [-0.05, 0) is 23.3 Å². The molecule has 2 heterocycles. The number of aromatic nitrogens is 2. The van der Waals surface area contributed by atoms with Gasteiger partial charge in [-0.1, -0.05) is 36.4 Å². The van der Waals surface area contributed by atoms with Gasteiger partial charge >= 0.3 is 13.4 Å². The summed E-state index contributed by atoms with van der Waals surface area (Å²) in [6.07, 6.45) is -2.76. The molecule has 4 unspecified atom stereocenters. The molecular formula is C24H26F2N3O8P. The van der Waals surface area contributed by atoms with Gasteiger partial charge in [-0.15, -0.1) is 0 Å². The van der Waals surface area contributed by atoms with Gasteiger partial charge < -0.3 is 14.6 Å². The van der Waals surface area contributed by atoms with E-state index in [9.17, 15) is 28.0 Å². The van der Waals surface area contributed by atoms with Crippen molar-refractivity contribution in [3.63, 3.8) is 0 Å². The Morgan fingerprint density at radius 1 is 1.13 bits per heavy atom. The van der Waals surface area contributed by atoms with E-state index in [-0.39, 0.29) is 25.3 Å². The molecule has 1 aliphatic rings. The molecule has 0 aliphatic carbocycles. The van der Waals surface area contributed by atoms with E-state index in [0.29, 0.717) is 11.8 Å². The van der Waals surface area contributed by atoms with Crippen molar-refractivity contribution in [2.45, 2.75) is 38.0 Å². The average Bonchev–Trinajstić information content (AvgIpc) is 3.28. The molecule has 204 valence electrons. The maximum absolute atomic E-state index is 14.1. The Kier molecular flexibility index (Phi) is 8.87. The van der Waals surface area contributed by atoms with Gasteiger partial charge in [-0.3, -0.25) is 23.4 Å². The highest BCUT2D eigenvalue weighted by Gasteiger charge is 2.38. The van der Waals surface area contributed by atoms with E-state index in [1.54, 1.807) is 30.3 Å². The molecule has 3 N–H and O–H groups in total. The SMILES string of the molecule is COc1ccc(COP(=O)(NCc2ccccc2)OCC2OC(n3cc(F)c(=O)[nH]c3=O)CC2O)cc1F. The topological polar surface area (TPSA) is 141 Å². The third-order valence-corrected chi connectivity index (χ3v) is 7.29. The Morgan fingerprint density at radius 3 is 2.61 bits per heavy atom. The lowest BCUT2D eigenvalue weighted by molar-refractivity contribution is -0.0442. The van der Waals surface area contributed by atoms with Gasteiger partial charge in [0.05, 0.1) is 32.6 Å². The molecule has 1 aliphatic heterocycles. The summed E-state index contributed by atoms with van der Waals surface area (Å²) in [5.41, 5.74) is -0.943. The van der Waals surface area contributed by atoms with E-state index >= 15 is 0 Å². The number of aliphatic hydroxyl groups excluding tert-OH is 1. The predicted molar refractivity (Wildman–Crippen MR) is 130 cm³/mol. The van der Waals surface area contributed by atoms with Crippen molar-refractivity contribution < 1.29 is 37.0 Å². The number of nitrogens with zero attached hydrogens (tertiary/aromatic N) is 1. The number of hydrogen-bond acceptors (Lipinski definition) is 8. The number of aromatic amines is 1. The molecule has 2 aromatic carbocycles. The minimum absolute atomic E-state index is 0.0405. The van der Waals surface area contributed by atoms with Crippen LogP contribution in [0.1, 0.15) is 23.8 Å². The second-order valence-electron chi connectivity index (χ2n) is 8.43. The number of rotatable bonds is 11. The van der Waals surface area contributed by atoms with Gasteiger partial charge in [0, 0.05) is 13.0 Å². The molecule has 4 rings (SSSR count). The Hall–Kier alpha value is -3.19. The van der Waals surface area contributed by atoms with E-state index in [1.807, 2.05) is 11.1 Å². The number of nitrogens with one attached hydrogen (secondary N) is 2. The summed E-state index contributed by atoms with van der Waals surface area (Å²) in [5.74, 6) is -1.77. The van der Waals surface area contributed by atoms with E-state index in [1.165, 1.54) is 19.2 Å². The van der Waals surface area contributed by atoms with Crippen LogP contribution in [0, 0.1) is 11.6 Å². The Morgan fingerprint density at radius 2 is 1.89 bits per heavy atom. The molecule has 1 saturated heterocycles. The van der Waals surface area contributed by atoms with Crippen LogP contribution in [-0.2, 0) is 31.5 Å². The molecule has 1 aromatic heterocycles. The number of benzene rings is 2. The summed E-state index contributed by atoms with van der Waals surface area (Å²) in [6, 6.07) is 13.1. The van der Waals surface area contributed by atoms with Crippen LogP contribution >= 0.6 is 7.75 Å². The van der Waals surface area contributed by atoms with Gasteiger partial charge in [-0.2, -0.15) is 4.39 Å².